The van der Waals surface area contributed by atoms with Crippen LogP contribution in [0.15, 0.2) is 18.2 Å². The SMILES string of the molecule is CCCC(O)CCCc1c(Cl)cccc1Cl. The molecule has 0 aliphatic carbocycles. The van der Waals surface area contributed by atoms with Crippen molar-refractivity contribution in [2.75, 3.05) is 0 Å². The molecule has 0 radical (unpaired) electrons. The van der Waals surface area contributed by atoms with Crippen LogP contribution in [0.3, 0.4) is 0 Å². The highest BCUT2D eigenvalue weighted by Gasteiger charge is 2.07. The molecular formula is C13H18Cl2O. The van der Waals surface area contributed by atoms with E-state index in [-0.39, 0.29) is 6.10 Å². The quantitative estimate of drug-likeness (QED) is 0.800. The highest BCUT2D eigenvalue weighted by molar-refractivity contribution is 6.35. The largest absolute Gasteiger partial charge is 0.393 e. The lowest BCUT2D eigenvalue weighted by Crippen LogP contribution is -2.06. The lowest BCUT2D eigenvalue weighted by molar-refractivity contribution is 0.151. The number of aliphatic hydroxyl groups is 1. The van der Waals surface area contributed by atoms with Gasteiger partial charge in [-0.05, 0) is 43.4 Å². The number of rotatable bonds is 6. The van der Waals surface area contributed by atoms with E-state index in [1.165, 1.54) is 0 Å². The summed E-state index contributed by atoms with van der Waals surface area (Å²) in [7, 11) is 0. The fourth-order valence-corrected chi connectivity index (χ4v) is 2.35. The highest BCUT2D eigenvalue weighted by Crippen LogP contribution is 2.26. The van der Waals surface area contributed by atoms with Crippen molar-refractivity contribution in [1.29, 1.82) is 0 Å². The van der Waals surface area contributed by atoms with Gasteiger partial charge in [0.2, 0.25) is 0 Å². The fraction of sp³-hybridized carbons (Fsp3) is 0.538. The summed E-state index contributed by atoms with van der Waals surface area (Å²) in [5.41, 5.74) is 0.995. The van der Waals surface area contributed by atoms with Crippen LogP contribution < -0.4 is 0 Å². The van der Waals surface area contributed by atoms with Gasteiger partial charge in [0.25, 0.3) is 0 Å². The molecule has 90 valence electrons. The normalized spacial score (nSPS) is 12.8. The van der Waals surface area contributed by atoms with E-state index in [1.54, 1.807) is 0 Å². The van der Waals surface area contributed by atoms with E-state index in [0.29, 0.717) is 0 Å². The van der Waals surface area contributed by atoms with Crippen LogP contribution in [0, 0.1) is 0 Å². The predicted octanol–water partition coefficient (Wildman–Crippen LogP) is 4.48. The first-order valence-electron chi connectivity index (χ1n) is 5.76. The van der Waals surface area contributed by atoms with E-state index >= 15 is 0 Å². The molecule has 0 bridgehead atoms. The van der Waals surface area contributed by atoms with E-state index in [1.807, 2.05) is 18.2 Å². The van der Waals surface area contributed by atoms with Crippen LogP contribution in [0.1, 0.15) is 38.2 Å². The summed E-state index contributed by atoms with van der Waals surface area (Å²) in [5, 5.41) is 11.0. The third-order valence-corrected chi connectivity index (χ3v) is 3.36. The van der Waals surface area contributed by atoms with Crippen molar-refractivity contribution in [3.05, 3.63) is 33.8 Å². The average Bonchev–Trinajstić information content (AvgIpc) is 2.23. The first-order valence-corrected chi connectivity index (χ1v) is 6.51. The van der Waals surface area contributed by atoms with Crippen LogP contribution in [-0.4, -0.2) is 11.2 Å². The number of hydrogen-bond donors (Lipinski definition) is 1. The lowest BCUT2D eigenvalue weighted by atomic mass is 10.0. The van der Waals surface area contributed by atoms with Gasteiger partial charge >= 0.3 is 0 Å². The monoisotopic (exact) mass is 260 g/mol. The summed E-state index contributed by atoms with van der Waals surface area (Å²) >= 11 is 12.1. The second-order valence-electron chi connectivity index (χ2n) is 4.03. The first kappa shape index (κ1) is 13.8. The molecule has 1 unspecified atom stereocenters. The second kappa shape index (κ2) is 7.16. The third-order valence-electron chi connectivity index (χ3n) is 2.65. The molecule has 0 heterocycles. The fourth-order valence-electron chi connectivity index (χ4n) is 1.76. The van der Waals surface area contributed by atoms with Crippen molar-refractivity contribution < 1.29 is 5.11 Å². The van der Waals surface area contributed by atoms with Crippen molar-refractivity contribution in [3.8, 4) is 0 Å². The number of benzene rings is 1. The van der Waals surface area contributed by atoms with Gasteiger partial charge in [-0.15, -0.1) is 0 Å². The van der Waals surface area contributed by atoms with Crippen LogP contribution in [-0.2, 0) is 6.42 Å². The van der Waals surface area contributed by atoms with E-state index in [2.05, 4.69) is 6.92 Å². The van der Waals surface area contributed by atoms with Crippen LogP contribution in [0.25, 0.3) is 0 Å². The van der Waals surface area contributed by atoms with Crippen molar-refractivity contribution in [3.63, 3.8) is 0 Å². The van der Waals surface area contributed by atoms with Crippen LogP contribution >= 0.6 is 23.2 Å². The molecule has 0 amide bonds. The Morgan fingerprint density at radius 2 is 1.81 bits per heavy atom. The molecule has 1 aromatic carbocycles. The minimum atomic E-state index is -0.189. The van der Waals surface area contributed by atoms with E-state index in [0.717, 1.165) is 47.7 Å². The summed E-state index contributed by atoms with van der Waals surface area (Å²) in [6, 6.07) is 5.55. The topological polar surface area (TPSA) is 20.2 Å². The van der Waals surface area contributed by atoms with Gasteiger partial charge in [0.1, 0.15) is 0 Å². The summed E-state index contributed by atoms with van der Waals surface area (Å²) in [4.78, 5) is 0. The maximum Gasteiger partial charge on any atom is 0.0540 e. The van der Waals surface area contributed by atoms with Crippen LogP contribution in [0.4, 0.5) is 0 Å². The molecule has 1 rings (SSSR count). The van der Waals surface area contributed by atoms with Crippen molar-refractivity contribution in [1.82, 2.24) is 0 Å². The molecule has 0 fully saturated rings. The van der Waals surface area contributed by atoms with Gasteiger partial charge in [-0.25, -0.2) is 0 Å². The average molecular weight is 261 g/mol. The summed E-state index contributed by atoms with van der Waals surface area (Å²) < 4.78 is 0. The molecule has 3 heteroatoms. The summed E-state index contributed by atoms with van der Waals surface area (Å²) in [6.45, 7) is 2.08. The Labute approximate surface area is 107 Å². The minimum absolute atomic E-state index is 0.189. The Hall–Kier alpha value is -0.240. The van der Waals surface area contributed by atoms with Crippen LogP contribution in [0.5, 0.6) is 0 Å². The zero-order chi connectivity index (χ0) is 12.0. The van der Waals surface area contributed by atoms with Crippen molar-refractivity contribution >= 4 is 23.2 Å². The molecule has 0 spiro atoms. The molecule has 1 N–H and O–H groups in total. The molecule has 1 nitrogen and oxygen atoms in total. The molecule has 16 heavy (non-hydrogen) atoms. The van der Waals surface area contributed by atoms with Gasteiger partial charge in [0, 0.05) is 10.0 Å². The Kier molecular flexibility index (Phi) is 6.18. The number of hydrogen-bond acceptors (Lipinski definition) is 1. The van der Waals surface area contributed by atoms with Gasteiger partial charge in [-0.1, -0.05) is 42.6 Å². The molecule has 0 aromatic heterocycles. The molecular weight excluding hydrogens is 243 g/mol. The van der Waals surface area contributed by atoms with E-state index < -0.39 is 0 Å². The number of aliphatic hydroxyl groups excluding tert-OH is 1. The van der Waals surface area contributed by atoms with Gasteiger partial charge in [-0.2, -0.15) is 0 Å². The molecule has 0 saturated heterocycles. The predicted molar refractivity (Wildman–Crippen MR) is 70.3 cm³/mol. The summed E-state index contributed by atoms with van der Waals surface area (Å²) in [5.74, 6) is 0. The maximum atomic E-state index is 9.60. The Morgan fingerprint density at radius 3 is 2.38 bits per heavy atom. The molecule has 0 aliphatic heterocycles. The van der Waals surface area contributed by atoms with Gasteiger partial charge in [0.05, 0.1) is 6.10 Å². The molecule has 1 aromatic rings. The van der Waals surface area contributed by atoms with Gasteiger partial charge < -0.3 is 5.11 Å². The third kappa shape index (κ3) is 4.32. The minimum Gasteiger partial charge on any atom is -0.393 e. The molecule has 0 aliphatic rings. The van der Waals surface area contributed by atoms with E-state index in [4.69, 9.17) is 23.2 Å². The molecule has 0 saturated carbocycles. The number of halogens is 2. The van der Waals surface area contributed by atoms with Gasteiger partial charge in [-0.3, -0.25) is 0 Å². The standard InChI is InChI=1S/C13H18Cl2O/c1-2-5-10(16)6-3-7-11-12(14)8-4-9-13(11)15/h4,8-10,16H,2-3,5-7H2,1H3. The van der Waals surface area contributed by atoms with Gasteiger partial charge in [0.15, 0.2) is 0 Å². The van der Waals surface area contributed by atoms with E-state index in [9.17, 15) is 5.11 Å². The second-order valence-corrected chi connectivity index (χ2v) is 4.85. The van der Waals surface area contributed by atoms with Crippen molar-refractivity contribution in [2.45, 2.75) is 45.1 Å². The zero-order valence-corrected chi connectivity index (χ0v) is 11.1. The first-order chi connectivity index (χ1) is 7.65. The van der Waals surface area contributed by atoms with Crippen LogP contribution in [0.2, 0.25) is 10.0 Å². The smallest absolute Gasteiger partial charge is 0.0540 e. The van der Waals surface area contributed by atoms with Crippen molar-refractivity contribution in [2.24, 2.45) is 0 Å². The highest BCUT2D eigenvalue weighted by atomic mass is 35.5. The Bertz CT molecular complexity index is 305. The maximum absolute atomic E-state index is 9.60. The lowest BCUT2D eigenvalue weighted by Gasteiger charge is -2.10. The Morgan fingerprint density at radius 1 is 1.19 bits per heavy atom. The Balaban J connectivity index is 2.43. The zero-order valence-electron chi connectivity index (χ0n) is 9.55. The summed E-state index contributed by atoms with van der Waals surface area (Å²) in [6.07, 6.45) is 4.27. The molecule has 1 atom stereocenters.